The van der Waals surface area contributed by atoms with Crippen LogP contribution in [0.15, 0.2) is 58.8 Å². The van der Waals surface area contributed by atoms with E-state index in [2.05, 4.69) is 10.3 Å². The number of imide groups is 1. The van der Waals surface area contributed by atoms with Crippen LogP contribution in [0.4, 0.5) is 10.5 Å². The number of nitrogens with two attached hydrogens (primary N) is 1. The normalized spacial score (nSPS) is 15.8. The van der Waals surface area contributed by atoms with E-state index < -0.39 is 52.0 Å². The number of thiazole rings is 1. The fraction of sp³-hybridized carbons (Fsp3) is 0.471. The fourth-order valence-corrected chi connectivity index (χ4v) is 8.26. The molecular weight excluding hydrogens is 688 g/mol. The summed E-state index contributed by atoms with van der Waals surface area (Å²) >= 11 is 7.50. The monoisotopic (exact) mass is 732 g/mol. The highest BCUT2D eigenvalue weighted by atomic mass is 35.5. The number of benzene rings is 2. The number of nitrogens with zero attached hydrogens (tertiary/aromatic N) is 4. The van der Waals surface area contributed by atoms with E-state index in [0.717, 1.165) is 21.9 Å². The van der Waals surface area contributed by atoms with Crippen molar-refractivity contribution in [3.8, 4) is 0 Å². The number of hydrogen-bond acceptors (Lipinski definition) is 9. The molecule has 0 bridgehead atoms. The summed E-state index contributed by atoms with van der Waals surface area (Å²) in [6.45, 7) is 8.71. The van der Waals surface area contributed by atoms with Gasteiger partial charge in [0, 0.05) is 18.5 Å². The summed E-state index contributed by atoms with van der Waals surface area (Å²) in [5.41, 5.74) is 7.42. The number of hydrogen-bond donors (Lipinski definition) is 3. The van der Waals surface area contributed by atoms with Gasteiger partial charge in [0.2, 0.25) is 15.9 Å². The van der Waals surface area contributed by atoms with E-state index in [-0.39, 0.29) is 54.1 Å². The van der Waals surface area contributed by atoms with Gasteiger partial charge in [-0.2, -0.15) is 4.31 Å². The first-order chi connectivity index (χ1) is 23.1. The second kappa shape index (κ2) is 16.4. The van der Waals surface area contributed by atoms with Crippen LogP contribution in [-0.2, 0) is 39.0 Å². The van der Waals surface area contributed by atoms with Crippen molar-refractivity contribution >= 4 is 56.5 Å². The van der Waals surface area contributed by atoms with E-state index in [4.69, 9.17) is 17.3 Å². The molecule has 15 heteroatoms. The van der Waals surface area contributed by atoms with Gasteiger partial charge in [-0.3, -0.25) is 14.5 Å². The number of nitrogen functional groups attached to an aromatic ring is 1. The molecule has 1 aromatic heterocycles. The second-order valence-electron chi connectivity index (χ2n) is 12.9. The zero-order valence-electron chi connectivity index (χ0n) is 28.4. The van der Waals surface area contributed by atoms with E-state index in [9.17, 15) is 27.9 Å². The van der Waals surface area contributed by atoms with Gasteiger partial charge in [0.1, 0.15) is 12.6 Å². The van der Waals surface area contributed by atoms with Gasteiger partial charge in [0.05, 0.1) is 45.0 Å². The molecule has 1 aliphatic rings. The van der Waals surface area contributed by atoms with Crippen LogP contribution in [0.25, 0.3) is 0 Å². The number of carbonyl (C=O) groups is 3. The van der Waals surface area contributed by atoms with Crippen LogP contribution in [0, 0.1) is 11.8 Å². The Labute approximate surface area is 297 Å². The third kappa shape index (κ3) is 9.37. The molecule has 4 N–H and O–H groups in total. The molecule has 3 atom stereocenters. The van der Waals surface area contributed by atoms with Gasteiger partial charge in [-0.25, -0.2) is 18.2 Å². The maximum Gasteiger partial charge on any atom is 0.328 e. The van der Waals surface area contributed by atoms with Gasteiger partial charge in [0.15, 0.2) is 0 Å². The van der Waals surface area contributed by atoms with E-state index >= 15 is 0 Å². The molecule has 1 saturated heterocycles. The fourth-order valence-electron chi connectivity index (χ4n) is 5.75. The SMILES string of the molecule is CCc1nc(CN2C(=O)CN(C(C(=O)N[C@@H](Cc3ccccc3)[C@H](O)CN(CC(C)C)S(=O)(=O)c3ccc(Cl)c(N)c3)C(C)C)C2=O)cs1. The van der Waals surface area contributed by atoms with Gasteiger partial charge >= 0.3 is 6.03 Å². The van der Waals surface area contributed by atoms with Crippen LogP contribution in [0.5, 0.6) is 0 Å². The molecule has 1 fully saturated rings. The Morgan fingerprint density at radius 3 is 2.41 bits per heavy atom. The molecule has 2 heterocycles. The topological polar surface area (TPSA) is 166 Å². The highest BCUT2D eigenvalue weighted by molar-refractivity contribution is 7.89. The van der Waals surface area contributed by atoms with Gasteiger partial charge in [0.25, 0.3) is 5.91 Å². The first-order valence-electron chi connectivity index (χ1n) is 16.2. The lowest BCUT2D eigenvalue weighted by Gasteiger charge is -2.34. The Morgan fingerprint density at radius 2 is 1.82 bits per heavy atom. The van der Waals surface area contributed by atoms with Crippen molar-refractivity contribution in [2.24, 2.45) is 11.8 Å². The number of aryl methyl sites for hydroxylation is 1. The predicted molar refractivity (Wildman–Crippen MR) is 190 cm³/mol. The molecule has 12 nitrogen and oxygen atoms in total. The Balaban J connectivity index is 1.59. The highest BCUT2D eigenvalue weighted by Gasteiger charge is 2.44. The maximum absolute atomic E-state index is 14.1. The number of halogens is 1. The molecule has 0 spiro atoms. The number of amides is 4. The number of urea groups is 1. The number of carbonyl (C=O) groups excluding carboxylic acids is 3. The van der Waals surface area contributed by atoms with Crippen LogP contribution in [0.1, 0.15) is 50.9 Å². The van der Waals surface area contributed by atoms with Crippen LogP contribution in [-0.4, -0.2) is 88.3 Å². The van der Waals surface area contributed by atoms with Gasteiger partial charge in [-0.05, 0) is 48.4 Å². The first kappa shape index (κ1) is 38.2. The summed E-state index contributed by atoms with van der Waals surface area (Å²) in [4.78, 5) is 47.5. The van der Waals surface area contributed by atoms with Crippen molar-refractivity contribution in [1.29, 1.82) is 0 Å². The zero-order chi connectivity index (χ0) is 36.0. The lowest BCUT2D eigenvalue weighted by atomic mass is 9.97. The Hall–Kier alpha value is -3.56. The number of nitrogens with one attached hydrogen (secondary N) is 1. The minimum atomic E-state index is -4.13. The molecule has 4 amide bonds. The molecule has 4 rings (SSSR count). The summed E-state index contributed by atoms with van der Waals surface area (Å²) in [5.74, 6) is -1.50. The summed E-state index contributed by atoms with van der Waals surface area (Å²) in [5, 5.41) is 17.5. The van der Waals surface area contributed by atoms with E-state index in [1.807, 2.05) is 56.5 Å². The average molecular weight is 733 g/mol. The molecule has 49 heavy (non-hydrogen) atoms. The summed E-state index contributed by atoms with van der Waals surface area (Å²) in [6.07, 6.45) is -0.453. The lowest BCUT2D eigenvalue weighted by molar-refractivity contribution is -0.129. The number of aliphatic hydroxyl groups is 1. The van der Waals surface area contributed by atoms with Crippen LogP contribution in [0.2, 0.25) is 5.02 Å². The minimum Gasteiger partial charge on any atom is -0.397 e. The molecule has 1 unspecified atom stereocenters. The van der Waals surface area contributed by atoms with Gasteiger partial charge in [-0.15, -0.1) is 11.3 Å². The number of rotatable bonds is 16. The average Bonchev–Trinajstić information content (AvgIpc) is 3.61. The predicted octanol–water partition coefficient (Wildman–Crippen LogP) is 4.17. The van der Waals surface area contributed by atoms with E-state index in [1.165, 1.54) is 38.7 Å². The molecule has 0 saturated carbocycles. The van der Waals surface area contributed by atoms with Crippen LogP contribution >= 0.6 is 22.9 Å². The first-order valence-corrected chi connectivity index (χ1v) is 18.9. The number of sulfonamides is 1. The maximum atomic E-state index is 14.1. The number of aromatic nitrogens is 1. The van der Waals surface area contributed by atoms with Crippen molar-refractivity contribution < 1.29 is 27.9 Å². The standard InChI is InChI=1S/C34H45ClN6O6S2/c1-6-30-37-24(20-48-30)17-40-31(43)19-41(34(40)45)32(22(4)5)33(44)38-28(14-23-10-8-7-9-11-23)29(42)18-39(16-21(2)3)49(46,47)25-12-13-26(35)27(36)15-25/h7-13,15,20-22,28-29,32,42H,6,14,16-19,36H2,1-5H3,(H,38,44)/t28-,29+,32?/m0/s1. The van der Waals surface area contributed by atoms with Crippen molar-refractivity contribution in [1.82, 2.24) is 24.4 Å². The molecule has 1 aliphatic heterocycles. The summed E-state index contributed by atoms with van der Waals surface area (Å²) < 4.78 is 28.8. The largest absolute Gasteiger partial charge is 0.397 e. The van der Waals surface area contributed by atoms with Crippen molar-refractivity contribution in [2.75, 3.05) is 25.4 Å². The van der Waals surface area contributed by atoms with Crippen molar-refractivity contribution in [2.45, 2.75) is 77.1 Å². The van der Waals surface area contributed by atoms with E-state index in [1.54, 1.807) is 13.8 Å². The quantitative estimate of drug-likeness (QED) is 0.146. The Kier molecular flexibility index (Phi) is 12.8. The Bertz CT molecular complexity index is 1740. The van der Waals surface area contributed by atoms with Gasteiger partial charge < -0.3 is 21.1 Å². The Morgan fingerprint density at radius 1 is 1.12 bits per heavy atom. The van der Waals surface area contributed by atoms with Crippen molar-refractivity contribution in [3.05, 3.63) is 75.2 Å². The van der Waals surface area contributed by atoms with Crippen molar-refractivity contribution in [3.63, 3.8) is 0 Å². The number of aliphatic hydroxyl groups excluding tert-OH is 1. The zero-order valence-corrected chi connectivity index (χ0v) is 30.8. The lowest BCUT2D eigenvalue weighted by Crippen LogP contribution is -2.57. The second-order valence-corrected chi connectivity index (χ2v) is 16.2. The molecule has 3 aromatic rings. The number of anilines is 1. The third-order valence-electron chi connectivity index (χ3n) is 8.20. The minimum absolute atomic E-state index is 0.00583. The molecule has 2 aromatic carbocycles. The third-order valence-corrected chi connectivity index (χ3v) is 11.4. The molecule has 266 valence electrons. The van der Waals surface area contributed by atoms with Crippen LogP contribution in [0.3, 0.4) is 0 Å². The summed E-state index contributed by atoms with van der Waals surface area (Å²) in [6, 6.07) is 10.6. The molecule has 0 aliphatic carbocycles. The van der Waals surface area contributed by atoms with Crippen LogP contribution < -0.4 is 11.1 Å². The van der Waals surface area contributed by atoms with Gasteiger partial charge in [-0.1, -0.05) is 76.6 Å². The molecule has 0 radical (unpaired) electrons. The van der Waals surface area contributed by atoms with E-state index in [0.29, 0.717) is 5.69 Å². The molecular formula is C34H45ClN6O6S2. The highest BCUT2D eigenvalue weighted by Crippen LogP contribution is 2.26. The summed E-state index contributed by atoms with van der Waals surface area (Å²) in [7, 11) is -4.13. The smallest absolute Gasteiger partial charge is 0.328 e.